The zero-order valence-electron chi connectivity index (χ0n) is 11.1. The van der Waals surface area contributed by atoms with Crippen LogP contribution in [0.2, 0.25) is 0 Å². The summed E-state index contributed by atoms with van der Waals surface area (Å²) in [6, 6.07) is 13.6. The summed E-state index contributed by atoms with van der Waals surface area (Å²) in [5.74, 6) is -1.15. The van der Waals surface area contributed by atoms with Gasteiger partial charge in [0.15, 0.2) is 0 Å². The SMILES string of the molecule is O=C(NO)c1cccc(SSc2cccc(C(=O)NO)c2)c1. The first-order valence-electron chi connectivity index (χ1n) is 6.07. The van der Waals surface area contributed by atoms with Gasteiger partial charge in [-0.05, 0) is 36.4 Å². The molecule has 0 aliphatic rings. The van der Waals surface area contributed by atoms with Crippen molar-refractivity contribution in [2.24, 2.45) is 0 Å². The molecule has 0 radical (unpaired) electrons. The highest BCUT2D eigenvalue weighted by atomic mass is 33.1. The van der Waals surface area contributed by atoms with Crippen molar-refractivity contribution in [3.8, 4) is 0 Å². The first-order chi connectivity index (χ1) is 10.6. The van der Waals surface area contributed by atoms with Gasteiger partial charge in [-0.1, -0.05) is 33.7 Å². The molecule has 8 heteroatoms. The first-order valence-corrected chi connectivity index (χ1v) is 8.22. The lowest BCUT2D eigenvalue weighted by Gasteiger charge is -2.05. The predicted molar refractivity (Wildman–Crippen MR) is 83.1 cm³/mol. The fraction of sp³-hybridized carbons (Fsp3) is 0. The molecule has 0 unspecified atom stereocenters. The van der Waals surface area contributed by atoms with Crippen LogP contribution in [-0.2, 0) is 0 Å². The van der Waals surface area contributed by atoms with Gasteiger partial charge in [-0.2, -0.15) is 0 Å². The summed E-state index contributed by atoms with van der Waals surface area (Å²) in [6.45, 7) is 0. The van der Waals surface area contributed by atoms with Crippen molar-refractivity contribution in [1.82, 2.24) is 11.0 Å². The van der Waals surface area contributed by atoms with Gasteiger partial charge in [0, 0.05) is 20.9 Å². The summed E-state index contributed by atoms with van der Waals surface area (Å²) in [6.07, 6.45) is 0. The molecule has 2 aromatic rings. The van der Waals surface area contributed by atoms with Crippen molar-refractivity contribution < 1.29 is 20.0 Å². The fourth-order valence-corrected chi connectivity index (χ4v) is 3.61. The van der Waals surface area contributed by atoms with Crippen LogP contribution in [0.3, 0.4) is 0 Å². The Labute approximate surface area is 134 Å². The average molecular weight is 336 g/mol. The third-order valence-corrected chi connectivity index (χ3v) is 5.01. The molecular weight excluding hydrogens is 324 g/mol. The molecule has 0 aromatic heterocycles. The third kappa shape index (κ3) is 4.25. The van der Waals surface area contributed by atoms with E-state index in [0.29, 0.717) is 11.1 Å². The molecule has 22 heavy (non-hydrogen) atoms. The van der Waals surface area contributed by atoms with Crippen molar-refractivity contribution in [3.63, 3.8) is 0 Å². The van der Waals surface area contributed by atoms with Crippen molar-refractivity contribution in [3.05, 3.63) is 59.7 Å². The van der Waals surface area contributed by atoms with Crippen LogP contribution in [0, 0.1) is 0 Å². The normalized spacial score (nSPS) is 10.1. The molecule has 6 nitrogen and oxygen atoms in total. The van der Waals surface area contributed by atoms with Gasteiger partial charge in [0.25, 0.3) is 11.8 Å². The maximum atomic E-state index is 11.3. The summed E-state index contributed by atoms with van der Waals surface area (Å²) < 4.78 is 0. The van der Waals surface area contributed by atoms with Gasteiger partial charge in [0.2, 0.25) is 0 Å². The van der Waals surface area contributed by atoms with Gasteiger partial charge in [-0.3, -0.25) is 20.0 Å². The maximum absolute atomic E-state index is 11.3. The van der Waals surface area contributed by atoms with Crippen molar-refractivity contribution >= 4 is 33.4 Å². The number of hydrogen-bond acceptors (Lipinski definition) is 6. The van der Waals surface area contributed by atoms with Crippen LogP contribution in [0.25, 0.3) is 0 Å². The highest BCUT2D eigenvalue weighted by Gasteiger charge is 2.07. The van der Waals surface area contributed by atoms with E-state index in [9.17, 15) is 9.59 Å². The Kier molecular flexibility index (Phi) is 5.84. The van der Waals surface area contributed by atoms with Crippen LogP contribution < -0.4 is 11.0 Å². The fourth-order valence-electron chi connectivity index (χ4n) is 1.60. The number of hydroxylamine groups is 2. The Balaban J connectivity index is 2.07. The zero-order valence-corrected chi connectivity index (χ0v) is 12.8. The second kappa shape index (κ2) is 7.85. The van der Waals surface area contributed by atoms with Crippen LogP contribution in [-0.4, -0.2) is 22.2 Å². The van der Waals surface area contributed by atoms with E-state index in [4.69, 9.17) is 10.4 Å². The number of hydrogen-bond donors (Lipinski definition) is 4. The van der Waals surface area contributed by atoms with E-state index in [0.717, 1.165) is 9.79 Å². The van der Waals surface area contributed by atoms with Crippen LogP contribution in [0.5, 0.6) is 0 Å². The molecule has 0 atom stereocenters. The molecule has 2 aromatic carbocycles. The van der Waals surface area contributed by atoms with E-state index in [1.165, 1.54) is 21.6 Å². The largest absolute Gasteiger partial charge is 0.288 e. The third-order valence-electron chi connectivity index (χ3n) is 2.63. The van der Waals surface area contributed by atoms with E-state index >= 15 is 0 Å². The zero-order chi connectivity index (χ0) is 15.9. The van der Waals surface area contributed by atoms with Gasteiger partial charge in [-0.15, -0.1) is 0 Å². The standard InChI is InChI=1S/C14H12N2O4S2/c17-13(15-19)9-3-1-5-11(7-9)21-22-12-6-2-4-10(8-12)14(18)16-20/h1-8,19-20H,(H,15,17)(H,16,18). The van der Waals surface area contributed by atoms with Gasteiger partial charge in [-0.25, -0.2) is 11.0 Å². The minimum atomic E-state index is -0.575. The number of carbonyl (C=O) groups is 2. The minimum absolute atomic E-state index is 0.349. The lowest BCUT2D eigenvalue weighted by molar-refractivity contribution is 0.0702. The maximum Gasteiger partial charge on any atom is 0.274 e. The van der Waals surface area contributed by atoms with E-state index in [1.54, 1.807) is 47.4 Å². The van der Waals surface area contributed by atoms with E-state index < -0.39 is 11.8 Å². The molecule has 0 saturated heterocycles. The lowest BCUT2D eigenvalue weighted by atomic mass is 10.2. The number of benzene rings is 2. The van der Waals surface area contributed by atoms with Crippen molar-refractivity contribution in [1.29, 1.82) is 0 Å². The molecule has 4 N–H and O–H groups in total. The Morgan fingerprint density at radius 1 is 0.773 bits per heavy atom. The van der Waals surface area contributed by atoms with Crippen LogP contribution in [0.15, 0.2) is 58.3 Å². The highest BCUT2D eigenvalue weighted by molar-refractivity contribution is 8.76. The van der Waals surface area contributed by atoms with Crippen LogP contribution in [0.4, 0.5) is 0 Å². The Bertz CT molecular complexity index is 635. The summed E-state index contributed by atoms with van der Waals surface area (Å²) in [4.78, 5) is 24.3. The van der Waals surface area contributed by atoms with Crippen molar-refractivity contribution in [2.75, 3.05) is 0 Å². The minimum Gasteiger partial charge on any atom is -0.288 e. The smallest absolute Gasteiger partial charge is 0.274 e. The molecule has 2 rings (SSSR count). The van der Waals surface area contributed by atoms with E-state index in [2.05, 4.69) is 0 Å². The highest BCUT2D eigenvalue weighted by Crippen LogP contribution is 2.37. The number of nitrogens with one attached hydrogen (secondary N) is 2. The predicted octanol–water partition coefficient (Wildman–Crippen LogP) is 2.72. The molecule has 2 amide bonds. The van der Waals surface area contributed by atoms with Crippen molar-refractivity contribution in [2.45, 2.75) is 9.79 Å². The first kappa shape index (κ1) is 16.4. The Hall–Kier alpha value is -2.00. The Morgan fingerprint density at radius 2 is 1.18 bits per heavy atom. The second-order valence-corrected chi connectivity index (χ2v) is 6.38. The molecule has 0 heterocycles. The van der Waals surface area contributed by atoms with Crippen LogP contribution in [0.1, 0.15) is 20.7 Å². The topological polar surface area (TPSA) is 98.7 Å². The summed E-state index contributed by atoms with van der Waals surface area (Å²) in [5.41, 5.74) is 3.87. The summed E-state index contributed by atoms with van der Waals surface area (Å²) in [7, 11) is 2.81. The monoisotopic (exact) mass is 336 g/mol. The lowest BCUT2D eigenvalue weighted by Crippen LogP contribution is -2.18. The number of rotatable bonds is 5. The molecular formula is C14H12N2O4S2. The van der Waals surface area contributed by atoms with E-state index in [1.807, 2.05) is 12.1 Å². The van der Waals surface area contributed by atoms with Gasteiger partial charge < -0.3 is 0 Å². The molecule has 0 aliphatic heterocycles. The molecule has 0 aliphatic carbocycles. The average Bonchev–Trinajstić information content (AvgIpc) is 2.59. The summed E-state index contributed by atoms with van der Waals surface area (Å²) in [5, 5.41) is 17.2. The van der Waals surface area contributed by atoms with Gasteiger partial charge in [0.05, 0.1) is 0 Å². The molecule has 0 bridgehead atoms. The Morgan fingerprint density at radius 3 is 1.55 bits per heavy atom. The molecule has 0 fully saturated rings. The molecule has 0 saturated carbocycles. The second-order valence-electron chi connectivity index (χ2n) is 4.10. The quantitative estimate of drug-likeness (QED) is 0.381. The summed E-state index contributed by atoms with van der Waals surface area (Å²) >= 11 is 0. The van der Waals surface area contributed by atoms with Crippen LogP contribution >= 0.6 is 21.6 Å². The van der Waals surface area contributed by atoms with Gasteiger partial charge >= 0.3 is 0 Å². The van der Waals surface area contributed by atoms with Gasteiger partial charge in [0.1, 0.15) is 0 Å². The van der Waals surface area contributed by atoms with E-state index in [-0.39, 0.29) is 0 Å². The number of carbonyl (C=O) groups excluding carboxylic acids is 2. The molecule has 0 spiro atoms. The molecule has 114 valence electrons. The number of amides is 2.